The Balaban J connectivity index is 2.52. The number of nitrogens with zero attached hydrogens (tertiary/aromatic N) is 1. The van der Waals surface area contributed by atoms with E-state index in [9.17, 15) is 4.79 Å². The molecule has 1 heterocycles. The number of hydrogen-bond donors (Lipinski definition) is 0. The van der Waals surface area contributed by atoms with Crippen LogP contribution in [0.3, 0.4) is 0 Å². The van der Waals surface area contributed by atoms with E-state index in [1.807, 2.05) is 0 Å². The molecule has 0 bridgehead atoms. The van der Waals surface area contributed by atoms with Crippen LogP contribution in [0, 0.1) is 0 Å². The van der Waals surface area contributed by atoms with Crippen LogP contribution in [-0.4, -0.2) is 33.8 Å². The zero-order chi connectivity index (χ0) is 13.1. The van der Waals surface area contributed by atoms with Crippen LogP contribution in [0.1, 0.15) is 12.8 Å². The third kappa shape index (κ3) is 2.08. The number of ether oxygens (including phenoxy) is 3. The number of amides is 1. The van der Waals surface area contributed by atoms with Gasteiger partial charge in [0.05, 0.1) is 21.3 Å². The highest BCUT2D eigenvalue weighted by molar-refractivity contribution is 5.98. The number of carbonyl (C=O) groups excluding carboxylic acids is 1. The lowest BCUT2D eigenvalue weighted by Gasteiger charge is -2.22. The van der Waals surface area contributed by atoms with Gasteiger partial charge in [-0.15, -0.1) is 0 Å². The number of hydrogen-bond acceptors (Lipinski definition) is 4. The molecule has 1 aliphatic rings. The van der Waals surface area contributed by atoms with Crippen LogP contribution in [0.25, 0.3) is 0 Å². The SMILES string of the molecule is COc1cc(OC)c(N2CCCC2=O)c(OC)c1. The van der Waals surface area contributed by atoms with Gasteiger partial charge in [-0.05, 0) is 6.42 Å². The number of rotatable bonds is 4. The summed E-state index contributed by atoms with van der Waals surface area (Å²) >= 11 is 0. The van der Waals surface area contributed by atoms with Gasteiger partial charge in [0, 0.05) is 25.1 Å². The summed E-state index contributed by atoms with van der Waals surface area (Å²) in [4.78, 5) is 13.6. The molecule has 0 N–H and O–H groups in total. The van der Waals surface area contributed by atoms with Crippen molar-refractivity contribution in [1.29, 1.82) is 0 Å². The normalized spacial score (nSPS) is 14.8. The summed E-state index contributed by atoms with van der Waals surface area (Å²) in [5, 5.41) is 0. The number of carbonyl (C=O) groups is 1. The van der Waals surface area contributed by atoms with Gasteiger partial charge in [0.1, 0.15) is 22.9 Å². The second-order valence-corrected chi connectivity index (χ2v) is 4.03. The van der Waals surface area contributed by atoms with Crippen LogP contribution in [0.4, 0.5) is 5.69 Å². The lowest BCUT2D eigenvalue weighted by atomic mass is 10.2. The van der Waals surface area contributed by atoms with Crippen LogP contribution in [0.2, 0.25) is 0 Å². The molecule has 0 aromatic heterocycles. The van der Waals surface area contributed by atoms with Gasteiger partial charge in [-0.25, -0.2) is 0 Å². The average molecular weight is 251 g/mol. The summed E-state index contributed by atoms with van der Waals surface area (Å²) in [6, 6.07) is 3.51. The Hall–Kier alpha value is -1.91. The minimum atomic E-state index is 0.0942. The zero-order valence-electron chi connectivity index (χ0n) is 10.9. The molecular weight excluding hydrogens is 234 g/mol. The second-order valence-electron chi connectivity index (χ2n) is 4.03. The van der Waals surface area contributed by atoms with E-state index in [0.29, 0.717) is 35.9 Å². The van der Waals surface area contributed by atoms with Gasteiger partial charge in [0.25, 0.3) is 0 Å². The van der Waals surface area contributed by atoms with Gasteiger partial charge in [-0.2, -0.15) is 0 Å². The van der Waals surface area contributed by atoms with E-state index in [4.69, 9.17) is 14.2 Å². The van der Waals surface area contributed by atoms with Crippen LogP contribution < -0.4 is 19.1 Å². The molecule has 1 aromatic rings. The molecule has 0 saturated carbocycles. The van der Waals surface area contributed by atoms with E-state index in [-0.39, 0.29) is 5.91 Å². The Morgan fingerprint density at radius 1 is 1.06 bits per heavy atom. The van der Waals surface area contributed by atoms with E-state index in [0.717, 1.165) is 6.42 Å². The fourth-order valence-electron chi connectivity index (χ4n) is 2.14. The van der Waals surface area contributed by atoms with Gasteiger partial charge in [-0.1, -0.05) is 0 Å². The molecule has 5 heteroatoms. The summed E-state index contributed by atoms with van der Waals surface area (Å²) < 4.78 is 15.9. The highest BCUT2D eigenvalue weighted by Crippen LogP contribution is 2.42. The molecule has 5 nitrogen and oxygen atoms in total. The maximum Gasteiger partial charge on any atom is 0.227 e. The first-order chi connectivity index (χ1) is 8.71. The summed E-state index contributed by atoms with van der Waals surface area (Å²) in [6.45, 7) is 0.692. The molecule has 1 aromatic carbocycles. The molecule has 98 valence electrons. The van der Waals surface area contributed by atoms with Crippen molar-refractivity contribution in [3.63, 3.8) is 0 Å². The Morgan fingerprint density at radius 2 is 1.67 bits per heavy atom. The molecule has 18 heavy (non-hydrogen) atoms. The Morgan fingerprint density at radius 3 is 2.06 bits per heavy atom. The van der Waals surface area contributed by atoms with Crippen LogP contribution in [0.5, 0.6) is 17.2 Å². The summed E-state index contributed by atoms with van der Waals surface area (Å²) in [7, 11) is 4.71. The van der Waals surface area contributed by atoms with Crippen molar-refractivity contribution < 1.29 is 19.0 Å². The topological polar surface area (TPSA) is 48.0 Å². The molecular formula is C13H17NO4. The van der Waals surface area contributed by atoms with E-state index in [1.165, 1.54) is 0 Å². The van der Waals surface area contributed by atoms with Crippen molar-refractivity contribution in [2.75, 3.05) is 32.8 Å². The van der Waals surface area contributed by atoms with Crippen LogP contribution >= 0.6 is 0 Å². The molecule has 0 radical (unpaired) electrons. The van der Waals surface area contributed by atoms with Crippen molar-refractivity contribution in [3.05, 3.63) is 12.1 Å². The van der Waals surface area contributed by atoms with Gasteiger partial charge >= 0.3 is 0 Å². The minimum Gasteiger partial charge on any atom is -0.496 e. The monoisotopic (exact) mass is 251 g/mol. The van der Waals surface area contributed by atoms with Gasteiger partial charge < -0.3 is 19.1 Å². The number of methoxy groups -OCH3 is 3. The fourth-order valence-corrected chi connectivity index (χ4v) is 2.14. The van der Waals surface area contributed by atoms with E-state index in [1.54, 1.807) is 38.4 Å². The lowest BCUT2D eigenvalue weighted by molar-refractivity contribution is -0.117. The molecule has 0 unspecified atom stereocenters. The third-order valence-electron chi connectivity index (χ3n) is 3.03. The maximum atomic E-state index is 11.8. The molecule has 1 amide bonds. The molecule has 1 saturated heterocycles. The molecule has 0 aliphatic carbocycles. The number of benzene rings is 1. The quantitative estimate of drug-likeness (QED) is 0.819. The third-order valence-corrected chi connectivity index (χ3v) is 3.03. The fraction of sp³-hybridized carbons (Fsp3) is 0.462. The maximum absolute atomic E-state index is 11.8. The first-order valence-electron chi connectivity index (χ1n) is 5.81. The first-order valence-corrected chi connectivity index (χ1v) is 5.81. The molecule has 1 fully saturated rings. The first kappa shape index (κ1) is 12.5. The van der Waals surface area contributed by atoms with Crippen LogP contribution in [-0.2, 0) is 4.79 Å². The highest BCUT2D eigenvalue weighted by atomic mass is 16.5. The van der Waals surface area contributed by atoms with E-state index >= 15 is 0 Å². The smallest absolute Gasteiger partial charge is 0.227 e. The number of anilines is 1. The highest BCUT2D eigenvalue weighted by Gasteiger charge is 2.28. The predicted octanol–water partition coefficient (Wildman–Crippen LogP) is 1.84. The Kier molecular flexibility index (Phi) is 3.60. The standard InChI is InChI=1S/C13H17NO4/c1-16-9-7-10(17-2)13(11(8-9)18-3)14-6-4-5-12(14)15/h7-8H,4-6H2,1-3H3. The van der Waals surface area contributed by atoms with Crippen molar-refractivity contribution in [3.8, 4) is 17.2 Å². The second kappa shape index (κ2) is 5.16. The summed E-state index contributed by atoms with van der Waals surface area (Å²) in [6.07, 6.45) is 1.43. The van der Waals surface area contributed by atoms with Crippen molar-refractivity contribution >= 4 is 11.6 Å². The minimum absolute atomic E-state index is 0.0942. The van der Waals surface area contributed by atoms with Crippen molar-refractivity contribution in [1.82, 2.24) is 0 Å². The van der Waals surface area contributed by atoms with E-state index < -0.39 is 0 Å². The average Bonchev–Trinajstić information content (AvgIpc) is 2.82. The van der Waals surface area contributed by atoms with Crippen molar-refractivity contribution in [2.45, 2.75) is 12.8 Å². The van der Waals surface area contributed by atoms with Crippen molar-refractivity contribution in [2.24, 2.45) is 0 Å². The van der Waals surface area contributed by atoms with Gasteiger partial charge in [0.2, 0.25) is 5.91 Å². The van der Waals surface area contributed by atoms with E-state index in [2.05, 4.69) is 0 Å². The molecule has 1 aliphatic heterocycles. The molecule has 2 rings (SSSR count). The van der Waals surface area contributed by atoms with Gasteiger partial charge in [0.15, 0.2) is 0 Å². The molecule has 0 atom stereocenters. The molecule has 0 spiro atoms. The largest absolute Gasteiger partial charge is 0.496 e. The predicted molar refractivity (Wildman–Crippen MR) is 67.7 cm³/mol. The van der Waals surface area contributed by atoms with Crippen LogP contribution in [0.15, 0.2) is 12.1 Å². The summed E-state index contributed by atoms with van der Waals surface area (Å²) in [5.41, 5.74) is 0.684. The Labute approximate surface area is 106 Å². The summed E-state index contributed by atoms with van der Waals surface area (Å²) in [5.74, 6) is 1.90. The zero-order valence-corrected chi connectivity index (χ0v) is 10.9. The lowest BCUT2D eigenvalue weighted by Crippen LogP contribution is -2.24. The van der Waals surface area contributed by atoms with Gasteiger partial charge in [-0.3, -0.25) is 4.79 Å². The Bertz CT molecular complexity index is 433.